The van der Waals surface area contributed by atoms with Crippen molar-refractivity contribution in [1.82, 2.24) is 4.57 Å². The summed E-state index contributed by atoms with van der Waals surface area (Å²) in [7, 11) is 0. The molecule has 5 nitrogen and oxygen atoms in total. The number of nitrogens with zero attached hydrogens (tertiary/aromatic N) is 1. The maximum atomic E-state index is 12.6. The predicted molar refractivity (Wildman–Crippen MR) is 81.4 cm³/mol. The third-order valence-electron chi connectivity index (χ3n) is 3.62. The molecule has 0 spiro atoms. The van der Waals surface area contributed by atoms with Gasteiger partial charge in [-0.25, -0.2) is 0 Å². The fourth-order valence-corrected chi connectivity index (χ4v) is 2.78. The molecule has 0 amide bonds. The predicted octanol–water partition coefficient (Wildman–Crippen LogP) is 3.42. The third-order valence-corrected chi connectivity index (χ3v) is 3.62. The number of hydrogen-bond donors (Lipinski definition) is 1. The number of hydrogen-bond acceptors (Lipinski definition) is 3. The molecule has 0 saturated heterocycles. The highest BCUT2D eigenvalue weighted by Crippen LogP contribution is 2.28. The molecular formula is C16H16F3NO4. The van der Waals surface area contributed by atoms with Gasteiger partial charge in [0.05, 0.1) is 11.9 Å². The van der Waals surface area contributed by atoms with E-state index in [9.17, 15) is 22.8 Å². The second-order valence-electron chi connectivity index (χ2n) is 5.65. The zero-order chi connectivity index (χ0) is 18.2. The molecule has 1 aromatic carbocycles. The lowest BCUT2D eigenvalue weighted by molar-refractivity contribution is -0.274. The van der Waals surface area contributed by atoms with Crippen molar-refractivity contribution in [2.24, 2.45) is 0 Å². The lowest BCUT2D eigenvalue weighted by atomic mass is 10.0. The molecule has 0 bridgehead atoms. The Labute approximate surface area is 135 Å². The average Bonchev–Trinajstić information content (AvgIpc) is 2.42. The molecule has 130 valence electrons. The van der Waals surface area contributed by atoms with Crippen LogP contribution >= 0.6 is 0 Å². The summed E-state index contributed by atoms with van der Waals surface area (Å²) in [6.45, 7) is 5.29. The van der Waals surface area contributed by atoms with Crippen LogP contribution in [0.3, 0.4) is 0 Å². The largest absolute Gasteiger partial charge is 0.573 e. The Bertz CT molecular complexity index is 853. The fraction of sp³-hybridized carbons (Fsp3) is 0.375. The van der Waals surface area contributed by atoms with Crippen molar-refractivity contribution in [2.45, 2.75) is 39.6 Å². The van der Waals surface area contributed by atoms with Crippen LogP contribution in [0.1, 0.15) is 31.1 Å². The van der Waals surface area contributed by atoms with Crippen molar-refractivity contribution in [3.05, 3.63) is 39.7 Å². The van der Waals surface area contributed by atoms with Crippen molar-refractivity contribution < 1.29 is 27.8 Å². The van der Waals surface area contributed by atoms with Gasteiger partial charge in [0.25, 0.3) is 0 Å². The summed E-state index contributed by atoms with van der Waals surface area (Å²) < 4.78 is 42.7. The third kappa shape index (κ3) is 3.52. The number of halogens is 3. The maximum Gasteiger partial charge on any atom is 0.573 e. The SMILES string of the molecule is Cc1c(CC(=O)O)c(=O)c2cc(OC(F)(F)F)ccc2n1C(C)C. The summed E-state index contributed by atoms with van der Waals surface area (Å²) in [6, 6.07) is 3.38. The molecule has 24 heavy (non-hydrogen) atoms. The first-order valence-electron chi connectivity index (χ1n) is 7.16. The second-order valence-corrected chi connectivity index (χ2v) is 5.65. The van der Waals surface area contributed by atoms with Crippen LogP contribution < -0.4 is 10.2 Å². The van der Waals surface area contributed by atoms with E-state index in [0.29, 0.717) is 11.2 Å². The zero-order valence-electron chi connectivity index (χ0n) is 13.3. The number of alkyl halides is 3. The van der Waals surface area contributed by atoms with Crippen molar-refractivity contribution in [3.8, 4) is 5.75 Å². The molecule has 0 aliphatic heterocycles. The molecular weight excluding hydrogens is 327 g/mol. The molecule has 0 atom stereocenters. The van der Waals surface area contributed by atoms with Gasteiger partial charge in [0, 0.05) is 22.7 Å². The van der Waals surface area contributed by atoms with Gasteiger partial charge in [-0.1, -0.05) is 0 Å². The highest BCUT2D eigenvalue weighted by molar-refractivity contribution is 5.83. The lowest BCUT2D eigenvalue weighted by Crippen LogP contribution is -2.23. The average molecular weight is 343 g/mol. The van der Waals surface area contributed by atoms with Gasteiger partial charge in [-0.3, -0.25) is 9.59 Å². The smallest absolute Gasteiger partial charge is 0.481 e. The van der Waals surface area contributed by atoms with Crippen molar-refractivity contribution >= 4 is 16.9 Å². The van der Waals surface area contributed by atoms with Gasteiger partial charge in [0.2, 0.25) is 0 Å². The van der Waals surface area contributed by atoms with Crippen LogP contribution in [0.25, 0.3) is 10.9 Å². The molecule has 8 heteroatoms. The van der Waals surface area contributed by atoms with Gasteiger partial charge < -0.3 is 14.4 Å². The number of rotatable bonds is 4. The number of carboxylic acids is 1. The number of benzene rings is 1. The molecule has 0 aliphatic carbocycles. The first kappa shape index (κ1) is 17.8. The molecule has 2 rings (SSSR count). The Balaban J connectivity index is 2.80. The van der Waals surface area contributed by atoms with E-state index in [1.54, 1.807) is 11.5 Å². The van der Waals surface area contributed by atoms with Crippen LogP contribution in [-0.2, 0) is 11.2 Å². The van der Waals surface area contributed by atoms with E-state index in [1.807, 2.05) is 13.8 Å². The number of aromatic nitrogens is 1. The molecule has 0 aliphatic rings. The van der Waals surface area contributed by atoms with Crippen LogP contribution in [0.5, 0.6) is 5.75 Å². The molecule has 1 heterocycles. The van der Waals surface area contributed by atoms with E-state index < -0.39 is 29.9 Å². The van der Waals surface area contributed by atoms with E-state index in [-0.39, 0.29) is 17.0 Å². The first-order chi connectivity index (χ1) is 11.0. The number of fused-ring (bicyclic) bond motifs is 1. The number of carbonyl (C=O) groups is 1. The summed E-state index contributed by atoms with van der Waals surface area (Å²) in [4.78, 5) is 23.6. The van der Waals surface area contributed by atoms with Crippen LogP contribution in [0.4, 0.5) is 13.2 Å². The molecule has 2 aromatic rings. The summed E-state index contributed by atoms with van der Waals surface area (Å²) >= 11 is 0. The van der Waals surface area contributed by atoms with Crippen LogP contribution in [-0.4, -0.2) is 22.0 Å². The number of pyridine rings is 1. The van der Waals surface area contributed by atoms with Gasteiger partial charge in [-0.15, -0.1) is 13.2 Å². The summed E-state index contributed by atoms with van der Waals surface area (Å²) in [6.07, 6.45) is -5.38. The first-order valence-corrected chi connectivity index (χ1v) is 7.16. The Morgan fingerprint density at radius 1 is 1.33 bits per heavy atom. The van der Waals surface area contributed by atoms with Gasteiger partial charge in [0.15, 0.2) is 5.43 Å². The zero-order valence-corrected chi connectivity index (χ0v) is 13.3. The second kappa shape index (κ2) is 6.18. The van der Waals surface area contributed by atoms with Gasteiger partial charge in [0.1, 0.15) is 5.75 Å². The molecule has 0 unspecified atom stereocenters. The van der Waals surface area contributed by atoms with Gasteiger partial charge >= 0.3 is 12.3 Å². The molecule has 1 N–H and O–H groups in total. The van der Waals surface area contributed by atoms with Crippen LogP contribution in [0, 0.1) is 6.92 Å². The van der Waals surface area contributed by atoms with E-state index in [4.69, 9.17) is 5.11 Å². The number of ether oxygens (including phenoxy) is 1. The Hall–Kier alpha value is -2.51. The summed E-state index contributed by atoms with van der Waals surface area (Å²) in [5.74, 6) is -1.71. The van der Waals surface area contributed by atoms with E-state index in [2.05, 4.69) is 4.74 Å². The molecule has 0 saturated carbocycles. The van der Waals surface area contributed by atoms with Gasteiger partial charge in [-0.2, -0.15) is 0 Å². The number of aliphatic carboxylic acids is 1. The fourth-order valence-electron chi connectivity index (χ4n) is 2.78. The van der Waals surface area contributed by atoms with Crippen molar-refractivity contribution in [1.29, 1.82) is 0 Å². The Morgan fingerprint density at radius 2 is 1.96 bits per heavy atom. The minimum Gasteiger partial charge on any atom is -0.481 e. The summed E-state index contributed by atoms with van der Waals surface area (Å²) in [5.41, 5.74) is 0.354. The maximum absolute atomic E-state index is 12.6. The monoisotopic (exact) mass is 343 g/mol. The topological polar surface area (TPSA) is 68.5 Å². The Kier molecular flexibility index (Phi) is 4.59. The number of carboxylic acid groups (broad SMARTS) is 1. The molecule has 0 fully saturated rings. The van der Waals surface area contributed by atoms with E-state index in [0.717, 1.165) is 12.1 Å². The minimum atomic E-state index is -4.88. The highest BCUT2D eigenvalue weighted by Gasteiger charge is 2.31. The quantitative estimate of drug-likeness (QED) is 0.924. The normalized spacial score (nSPS) is 12.0. The standard InChI is InChI=1S/C16H16F3NO4/c1-8(2)20-9(3)11(7-14(21)22)15(23)12-6-10(4-5-13(12)20)24-16(17,18)19/h4-6,8H,7H2,1-3H3,(H,21,22). The molecule has 1 aromatic heterocycles. The summed E-state index contributed by atoms with van der Waals surface area (Å²) in [5, 5.41) is 9.00. The van der Waals surface area contributed by atoms with Gasteiger partial charge in [-0.05, 0) is 39.0 Å². The minimum absolute atomic E-state index is 0.00713. The van der Waals surface area contributed by atoms with Crippen LogP contribution in [0.15, 0.2) is 23.0 Å². The molecule has 0 radical (unpaired) electrons. The lowest BCUT2D eigenvalue weighted by Gasteiger charge is -2.21. The van der Waals surface area contributed by atoms with Crippen molar-refractivity contribution in [2.75, 3.05) is 0 Å². The van der Waals surface area contributed by atoms with Crippen molar-refractivity contribution in [3.63, 3.8) is 0 Å². The van der Waals surface area contributed by atoms with E-state index in [1.165, 1.54) is 6.07 Å². The Morgan fingerprint density at radius 3 is 2.46 bits per heavy atom. The highest BCUT2D eigenvalue weighted by atomic mass is 19.4. The van der Waals surface area contributed by atoms with E-state index >= 15 is 0 Å². The van der Waals surface area contributed by atoms with Crippen LogP contribution in [0.2, 0.25) is 0 Å².